The summed E-state index contributed by atoms with van der Waals surface area (Å²) in [6, 6.07) is 1.60. The van der Waals surface area contributed by atoms with E-state index in [0.717, 1.165) is 30.8 Å². The Kier molecular flexibility index (Phi) is 2.31. The Balaban J connectivity index is 2.10. The standard InChI is InChI=1S/C12H14N4O/c1-2-16-7-13-6-10(16)12-14-9(8-3-4-8)5-11(17)15-12/h5-8H,2-4H2,1H3,(H,14,15,17). The van der Waals surface area contributed by atoms with Crippen LogP contribution in [0.3, 0.4) is 0 Å². The summed E-state index contributed by atoms with van der Waals surface area (Å²) in [7, 11) is 0. The molecule has 5 heteroatoms. The topological polar surface area (TPSA) is 63.6 Å². The number of aromatic nitrogens is 4. The first-order chi connectivity index (χ1) is 8.28. The van der Waals surface area contributed by atoms with Gasteiger partial charge in [0, 0.05) is 18.5 Å². The summed E-state index contributed by atoms with van der Waals surface area (Å²) in [5, 5.41) is 0. The van der Waals surface area contributed by atoms with Gasteiger partial charge < -0.3 is 9.55 Å². The fraction of sp³-hybridized carbons (Fsp3) is 0.417. The van der Waals surface area contributed by atoms with E-state index in [1.54, 1.807) is 18.6 Å². The summed E-state index contributed by atoms with van der Waals surface area (Å²) in [4.78, 5) is 23.0. The predicted molar refractivity (Wildman–Crippen MR) is 63.7 cm³/mol. The number of nitrogens with zero attached hydrogens (tertiary/aromatic N) is 3. The Labute approximate surface area is 98.5 Å². The van der Waals surface area contributed by atoms with E-state index in [1.165, 1.54) is 0 Å². The molecule has 0 bridgehead atoms. The number of hydrogen-bond acceptors (Lipinski definition) is 3. The highest BCUT2D eigenvalue weighted by Crippen LogP contribution is 2.38. The maximum atomic E-state index is 11.6. The monoisotopic (exact) mass is 230 g/mol. The molecule has 2 heterocycles. The fourth-order valence-corrected chi connectivity index (χ4v) is 1.96. The summed E-state index contributed by atoms with van der Waals surface area (Å²) >= 11 is 0. The van der Waals surface area contributed by atoms with Gasteiger partial charge in [0.05, 0.1) is 18.2 Å². The van der Waals surface area contributed by atoms with Crippen LogP contribution in [-0.2, 0) is 6.54 Å². The molecule has 1 aliphatic carbocycles. The van der Waals surface area contributed by atoms with Crippen LogP contribution in [0.1, 0.15) is 31.4 Å². The molecule has 0 spiro atoms. The van der Waals surface area contributed by atoms with E-state index in [4.69, 9.17) is 0 Å². The van der Waals surface area contributed by atoms with Gasteiger partial charge in [-0.2, -0.15) is 0 Å². The van der Waals surface area contributed by atoms with Crippen molar-refractivity contribution in [2.45, 2.75) is 32.2 Å². The van der Waals surface area contributed by atoms with Crippen LogP contribution in [0.4, 0.5) is 0 Å². The van der Waals surface area contributed by atoms with Gasteiger partial charge in [0.25, 0.3) is 5.56 Å². The Hall–Kier alpha value is -1.91. The molecule has 0 atom stereocenters. The molecule has 1 saturated carbocycles. The van der Waals surface area contributed by atoms with Gasteiger partial charge in [-0.3, -0.25) is 4.79 Å². The van der Waals surface area contributed by atoms with E-state index in [-0.39, 0.29) is 5.56 Å². The lowest BCUT2D eigenvalue weighted by molar-refractivity contribution is 0.761. The third-order valence-corrected chi connectivity index (χ3v) is 3.05. The van der Waals surface area contributed by atoms with E-state index in [1.807, 2.05) is 11.5 Å². The average Bonchev–Trinajstić information content (AvgIpc) is 3.06. The van der Waals surface area contributed by atoms with Crippen LogP contribution in [0, 0.1) is 0 Å². The number of hydrogen-bond donors (Lipinski definition) is 1. The predicted octanol–water partition coefficient (Wildman–Crippen LogP) is 1.53. The first-order valence-corrected chi connectivity index (χ1v) is 5.89. The minimum atomic E-state index is -0.0826. The van der Waals surface area contributed by atoms with Gasteiger partial charge in [-0.15, -0.1) is 0 Å². The summed E-state index contributed by atoms with van der Waals surface area (Å²) in [5.41, 5.74) is 1.69. The molecule has 17 heavy (non-hydrogen) atoms. The molecular formula is C12H14N4O. The van der Waals surface area contributed by atoms with Crippen LogP contribution < -0.4 is 5.56 Å². The van der Waals surface area contributed by atoms with E-state index in [9.17, 15) is 4.79 Å². The number of aryl methyl sites for hydroxylation is 1. The molecule has 1 fully saturated rings. The van der Waals surface area contributed by atoms with Gasteiger partial charge in [-0.1, -0.05) is 0 Å². The Morgan fingerprint density at radius 2 is 2.35 bits per heavy atom. The summed E-state index contributed by atoms with van der Waals surface area (Å²) in [5.74, 6) is 1.10. The van der Waals surface area contributed by atoms with Crippen molar-refractivity contribution in [3.63, 3.8) is 0 Å². The number of aromatic amines is 1. The normalized spacial score (nSPS) is 15.1. The zero-order chi connectivity index (χ0) is 11.8. The zero-order valence-corrected chi connectivity index (χ0v) is 9.68. The maximum Gasteiger partial charge on any atom is 0.251 e. The van der Waals surface area contributed by atoms with E-state index in [0.29, 0.717) is 11.7 Å². The Morgan fingerprint density at radius 1 is 1.53 bits per heavy atom. The number of H-pyrrole nitrogens is 1. The first kappa shape index (κ1) is 10.3. The molecule has 5 nitrogen and oxygen atoms in total. The van der Waals surface area contributed by atoms with Crippen LogP contribution in [-0.4, -0.2) is 19.5 Å². The minimum absolute atomic E-state index is 0.0826. The molecule has 0 radical (unpaired) electrons. The number of rotatable bonds is 3. The molecule has 0 saturated heterocycles. The Bertz CT molecular complexity index is 595. The van der Waals surface area contributed by atoms with Gasteiger partial charge in [0.15, 0.2) is 5.82 Å². The lowest BCUT2D eigenvalue weighted by Crippen LogP contribution is -2.11. The van der Waals surface area contributed by atoms with Crippen molar-refractivity contribution in [2.75, 3.05) is 0 Å². The average molecular weight is 230 g/mol. The highest BCUT2D eigenvalue weighted by Gasteiger charge is 2.26. The highest BCUT2D eigenvalue weighted by molar-refractivity contribution is 5.48. The molecule has 1 N–H and O–H groups in total. The van der Waals surface area contributed by atoms with Crippen molar-refractivity contribution in [1.29, 1.82) is 0 Å². The van der Waals surface area contributed by atoms with Gasteiger partial charge in [0.1, 0.15) is 5.69 Å². The second-order valence-electron chi connectivity index (χ2n) is 4.36. The molecule has 3 rings (SSSR count). The SMILES string of the molecule is CCn1cncc1-c1nc(C2CC2)cc(=O)[nH]1. The molecular weight excluding hydrogens is 216 g/mol. The van der Waals surface area contributed by atoms with Crippen molar-refractivity contribution in [1.82, 2.24) is 19.5 Å². The lowest BCUT2D eigenvalue weighted by atomic mass is 10.2. The third kappa shape index (κ3) is 1.88. The summed E-state index contributed by atoms with van der Waals surface area (Å²) in [6.45, 7) is 2.85. The smallest absolute Gasteiger partial charge is 0.251 e. The van der Waals surface area contributed by atoms with Crippen molar-refractivity contribution >= 4 is 0 Å². The highest BCUT2D eigenvalue weighted by atomic mass is 16.1. The summed E-state index contributed by atoms with van der Waals surface area (Å²) in [6.07, 6.45) is 5.77. The van der Waals surface area contributed by atoms with E-state index < -0.39 is 0 Å². The largest absolute Gasteiger partial charge is 0.328 e. The van der Waals surface area contributed by atoms with Gasteiger partial charge in [-0.25, -0.2) is 9.97 Å². The van der Waals surface area contributed by atoms with Crippen molar-refractivity contribution in [3.8, 4) is 11.5 Å². The lowest BCUT2D eigenvalue weighted by Gasteiger charge is -2.05. The van der Waals surface area contributed by atoms with Crippen LogP contribution >= 0.6 is 0 Å². The summed E-state index contributed by atoms with van der Waals surface area (Å²) < 4.78 is 1.97. The molecule has 0 aliphatic heterocycles. The van der Waals surface area contributed by atoms with Crippen LogP contribution in [0.25, 0.3) is 11.5 Å². The zero-order valence-electron chi connectivity index (χ0n) is 9.68. The molecule has 0 aromatic carbocycles. The van der Waals surface area contributed by atoms with Crippen LogP contribution in [0.15, 0.2) is 23.4 Å². The third-order valence-electron chi connectivity index (χ3n) is 3.05. The molecule has 88 valence electrons. The van der Waals surface area contributed by atoms with Crippen molar-refractivity contribution < 1.29 is 0 Å². The molecule has 2 aromatic rings. The molecule has 2 aromatic heterocycles. The minimum Gasteiger partial charge on any atom is -0.328 e. The van der Waals surface area contributed by atoms with Crippen LogP contribution in [0.2, 0.25) is 0 Å². The van der Waals surface area contributed by atoms with Crippen molar-refractivity contribution in [2.24, 2.45) is 0 Å². The maximum absolute atomic E-state index is 11.6. The van der Waals surface area contributed by atoms with E-state index >= 15 is 0 Å². The number of nitrogens with one attached hydrogen (secondary N) is 1. The fourth-order valence-electron chi connectivity index (χ4n) is 1.96. The van der Waals surface area contributed by atoms with Gasteiger partial charge in [-0.05, 0) is 19.8 Å². The van der Waals surface area contributed by atoms with Crippen molar-refractivity contribution in [3.05, 3.63) is 34.6 Å². The van der Waals surface area contributed by atoms with Gasteiger partial charge in [0.2, 0.25) is 0 Å². The van der Waals surface area contributed by atoms with Gasteiger partial charge >= 0.3 is 0 Å². The molecule has 0 unspecified atom stereocenters. The van der Waals surface area contributed by atoms with E-state index in [2.05, 4.69) is 15.0 Å². The Morgan fingerprint density at radius 3 is 3.06 bits per heavy atom. The quantitative estimate of drug-likeness (QED) is 0.869. The first-order valence-electron chi connectivity index (χ1n) is 5.89. The second-order valence-corrected chi connectivity index (χ2v) is 4.36. The van der Waals surface area contributed by atoms with Crippen LogP contribution in [0.5, 0.6) is 0 Å². The number of imidazole rings is 1. The second kappa shape index (κ2) is 3.84. The molecule has 0 amide bonds. The molecule has 1 aliphatic rings.